The van der Waals surface area contributed by atoms with Crippen LogP contribution in [0.25, 0.3) is 0 Å². The number of nitrogens with one attached hydrogen (secondary N) is 2. The van der Waals surface area contributed by atoms with Gasteiger partial charge >= 0.3 is 5.97 Å². The highest BCUT2D eigenvalue weighted by Gasteiger charge is 2.14. The number of esters is 1. The molecule has 0 saturated carbocycles. The van der Waals surface area contributed by atoms with E-state index < -0.39 is 24.4 Å². The van der Waals surface area contributed by atoms with Gasteiger partial charge in [-0.05, 0) is 19.1 Å². The number of carbonyl (C=O) groups is 3. The minimum atomic E-state index is -0.733. The molecule has 1 aromatic carbocycles. The Morgan fingerprint density at radius 3 is 2.65 bits per heavy atom. The first-order chi connectivity index (χ1) is 11.1. The molecule has 0 radical (unpaired) electrons. The summed E-state index contributed by atoms with van der Waals surface area (Å²) in [6, 6.07) is 6.67. The van der Waals surface area contributed by atoms with E-state index in [0.29, 0.717) is 17.9 Å². The van der Waals surface area contributed by atoms with Crippen molar-refractivity contribution in [2.24, 2.45) is 0 Å². The van der Waals surface area contributed by atoms with Crippen LogP contribution in [0.3, 0.4) is 0 Å². The molecule has 23 heavy (non-hydrogen) atoms. The molecule has 7 heteroatoms. The maximum atomic E-state index is 12.0. The van der Waals surface area contributed by atoms with E-state index in [-0.39, 0.29) is 13.1 Å². The molecule has 0 aromatic heterocycles. The summed E-state index contributed by atoms with van der Waals surface area (Å²) >= 11 is 0. The third kappa shape index (κ3) is 6.52. The van der Waals surface area contributed by atoms with Crippen molar-refractivity contribution in [1.29, 1.82) is 0 Å². The Bertz CT molecular complexity index is 607. The molecule has 0 heterocycles. The molecule has 7 nitrogen and oxygen atoms in total. The Hall–Kier alpha value is -3.01. The number of ether oxygens (including phenoxy) is 2. The molecule has 0 spiro atoms. The van der Waals surface area contributed by atoms with E-state index in [1.807, 2.05) is 0 Å². The average Bonchev–Trinajstić information content (AvgIpc) is 2.56. The predicted molar refractivity (Wildman–Crippen MR) is 82.7 cm³/mol. The van der Waals surface area contributed by atoms with E-state index in [4.69, 9.17) is 15.9 Å². The Morgan fingerprint density at radius 1 is 1.22 bits per heavy atom. The van der Waals surface area contributed by atoms with E-state index in [1.54, 1.807) is 31.2 Å². The van der Waals surface area contributed by atoms with Crippen molar-refractivity contribution >= 4 is 17.8 Å². The summed E-state index contributed by atoms with van der Waals surface area (Å²) in [7, 11) is 0. The lowest BCUT2D eigenvalue weighted by molar-refractivity contribution is -0.147. The van der Waals surface area contributed by atoms with E-state index in [9.17, 15) is 14.4 Å². The van der Waals surface area contributed by atoms with Crippen LogP contribution in [-0.2, 0) is 14.3 Å². The second-order valence-electron chi connectivity index (χ2n) is 4.25. The number of benzene rings is 1. The van der Waals surface area contributed by atoms with Crippen LogP contribution in [0.1, 0.15) is 17.3 Å². The van der Waals surface area contributed by atoms with Gasteiger partial charge in [0.2, 0.25) is 0 Å². The second-order valence-corrected chi connectivity index (χ2v) is 4.25. The van der Waals surface area contributed by atoms with Crippen molar-refractivity contribution in [2.45, 2.75) is 6.92 Å². The molecule has 2 amide bonds. The summed E-state index contributed by atoms with van der Waals surface area (Å²) in [5, 5.41) is 4.75. The Balaban J connectivity index is 2.43. The van der Waals surface area contributed by atoms with Crippen molar-refractivity contribution in [3.05, 3.63) is 29.8 Å². The van der Waals surface area contributed by atoms with Gasteiger partial charge in [-0.25, -0.2) is 0 Å². The van der Waals surface area contributed by atoms with E-state index in [1.165, 1.54) is 0 Å². The van der Waals surface area contributed by atoms with Gasteiger partial charge < -0.3 is 20.1 Å². The number of para-hydroxylation sites is 1. The van der Waals surface area contributed by atoms with Gasteiger partial charge in [0.05, 0.1) is 18.7 Å². The highest BCUT2D eigenvalue weighted by molar-refractivity contribution is 5.98. The zero-order valence-corrected chi connectivity index (χ0v) is 12.8. The molecule has 1 aromatic rings. The molecule has 0 unspecified atom stereocenters. The molecule has 0 bridgehead atoms. The molecule has 0 atom stereocenters. The van der Waals surface area contributed by atoms with Crippen molar-refractivity contribution in [1.82, 2.24) is 10.6 Å². The standard InChI is InChI=1S/C16H18N2O5/c1-3-9-17-14(19)11-23-15(20)10-18-16(21)12-7-5-6-8-13(12)22-4-2/h1,5-8H,4,9-11H2,2H3,(H,17,19)(H,18,21). The van der Waals surface area contributed by atoms with E-state index in [0.717, 1.165) is 0 Å². The number of amides is 2. The summed E-state index contributed by atoms with van der Waals surface area (Å²) in [5.41, 5.74) is 0.314. The first-order valence-electron chi connectivity index (χ1n) is 6.94. The first-order valence-corrected chi connectivity index (χ1v) is 6.94. The topological polar surface area (TPSA) is 93.7 Å². The van der Waals surface area contributed by atoms with Gasteiger partial charge in [-0.15, -0.1) is 6.42 Å². The van der Waals surface area contributed by atoms with Gasteiger partial charge in [-0.2, -0.15) is 0 Å². The summed E-state index contributed by atoms with van der Waals surface area (Å²) < 4.78 is 10.0. The Morgan fingerprint density at radius 2 is 1.96 bits per heavy atom. The molecular weight excluding hydrogens is 300 g/mol. The monoisotopic (exact) mass is 318 g/mol. The van der Waals surface area contributed by atoms with Crippen molar-refractivity contribution in [3.8, 4) is 18.1 Å². The van der Waals surface area contributed by atoms with E-state index >= 15 is 0 Å². The Labute approximate surface area is 134 Å². The van der Waals surface area contributed by atoms with Gasteiger partial charge in [-0.3, -0.25) is 14.4 Å². The SMILES string of the molecule is C#CCNC(=O)COC(=O)CNC(=O)c1ccccc1OCC. The van der Waals surface area contributed by atoms with Crippen LogP contribution in [0.15, 0.2) is 24.3 Å². The fourth-order valence-corrected chi connectivity index (χ4v) is 1.58. The smallest absolute Gasteiger partial charge is 0.325 e. The molecule has 0 aliphatic heterocycles. The van der Waals surface area contributed by atoms with Crippen LogP contribution in [0.4, 0.5) is 0 Å². The van der Waals surface area contributed by atoms with Crippen LogP contribution >= 0.6 is 0 Å². The summed E-state index contributed by atoms with van der Waals surface area (Å²) in [4.78, 5) is 34.7. The fourth-order valence-electron chi connectivity index (χ4n) is 1.58. The molecule has 2 N–H and O–H groups in total. The van der Waals surface area contributed by atoms with Crippen LogP contribution < -0.4 is 15.4 Å². The lowest BCUT2D eigenvalue weighted by atomic mass is 10.2. The molecule has 0 aliphatic carbocycles. The Kier molecular flexibility index (Phi) is 7.72. The van der Waals surface area contributed by atoms with Crippen molar-refractivity contribution in [3.63, 3.8) is 0 Å². The molecule has 0 aliphatic rings. The number of terminal acetylenes is 1. The molecule has 122 valence electrons. The third-order valence-electron chi connectivity index (χ3n) is 2.58. The predicted octanol–water partition coefficient (Wildman–Crippen LogP) is 0.108. The quantitative estimate of drug-likeness (QED) is 0.524. The van der Waals surface area contributed by atoms with Crippen LogP contribution in [0, 0.1) is 12.3 Å². The van der Waals surface area contributed by atoms with Gasteiger partial charge in [-0.1, -0.05) is 18.1 Å². The van der Waals surface area contributed by atoms with Crippen LogP contribution in [0.2, 0.25) is 0 Å². The second kappa shape index (κ2) is 9.84. The third-order valence-corrected chi connectivity index (χ3v) is 2.58. The van der Waals surface area contributed by atoms with Gasteiger partial charge in [0.1, 0.15) is 12.3 Å². The van der Waals surface area contributed by atoms with Gasteiger partial charge in [0.15, 0.2) is 6.61 Å². The fraction of sp³-hybridized carbons (Fsp3) is 0.312. The maximum Gasteiger partial charge on any atom is 0.325 e. The normalized spacial score (nSPS) is 9.39. The van der Waals surface area contributed by atoms with Crippen LogP contribution in [-0.4, -0.2) is 44.1 Å². The maximum absolute atomic E-state index is 12.0. The largest absolute Gasteiger partial charge is 0.493 e. The average molecular weight is 318 g/mol. The first kappa shape index (κ1) is 18.0. The summed E-state index contributed by atoms with van der Waals surface area (Å²) in [6.07, 6.45) is 4.97. The van der Waals surface area contributed by atoms with Gasteiger partial charge in [0.25, 0.3) is 11.8 Å². The highest BCUT2D eigenvalue weighted by Crippen LogP contribution is 2.17. The minimum absolute atomic E-state index is 0.0569. The van der Waals surface area contributed by atoms with E-state index in [2.05, 4.69) is 16.6 Å². The van der Waals surface area contributed by atoms with Crippen molar-refractivity contribution in [2.75, 3.05) is 26.3 Å². The van der Waals surface area contributed by atoms with Crippen LogP contribution in [0.5, 0.6) is 5.75 Å². The zero-order valence-electron chi connectivity index (χ0n) is 12.8. The lowest BCUT2D eigenvalue weighted by Gasteiger charge is -2.10. The molecule has 0 fully saturated rings. The summed E-state index contributed by atoms with van der Waals surface area (Å²) in [5.74, 6) is 0.932. The van der Waals surface area contributed by atoms with Gasteiger partial charge in [0, 0.05) is 0 Å². The lowest BCUT2D eigenvalue weighted by Crippen LogP contribution is -2.34. The minimum Gasteiger partial charge on any atom is -0.493 e. The molecular formula is C16H18N2O5. The zero-order chi connectivity index (χ0) is 17.1. The number of carbonyl (C=O) groups excluding carboxylic acids is 3. The molecule has 0 saturated heterocycles. The highest BCUT2D eigenvalue weighted by atomic mass is 16.5. The summed E-state index contributed by atoms with van der Waals surface area (Å²) in [6.45, 7) is 1.46. The molecule has 1 rings (SSSR count). The number of rotatable bonds is 8. The van der Waals surface area contributed by atoms with Crippen molar-refractivity contribution < 1.29 is 23.9 Å². The number of hydrogen-bond donors (Lipinski definition) is 2. The number of hydrogen-bond acceptors (Lipinski definition) is 5.